The molecule has 2 aliphatic rings. The number of hydrogen-bond acceptors (Lipinski definition) is 6. The zero-order valence-corrected chi connectivity index (χ0v) is 20.7. The highest BCUT2D eigenvalue weighted by Gasteiger charge is 2.34. The fourth-order valence-electron chi connectivity index (χ4n) is 3.70. The molecule has 2 aliphatic heterocycles. The first-order chi connectivity index (χ1) is 16.8. The van der Waals surface area contributed by atoms with Crippen molar-refractivity contribution in [3.63, 3.8) is 0 Å². The van der Waals surface area contributed by atoms with Gasteiger partial charge < -0.3 is 19.0 Å². The van der Waals surface area contributed by atoms with Crippen molar-refractivity contribution in [2.75, 3.05) is 19.8 Å². The van der Waals surface area contributed by atoms with Crippen LogP contribution in [0.2, 0.25) is 5.02 Å². The van der Waals surface area contributed by atoms with Gasteiger partial charge >= 0.3 is 0 Å². The maximum absolute atomic E-state index is 12.5. The molecule has 0 atom stereocenters. The van der Waals surface area contributed by atoms with Gasteiger partial charge in [-0.15, -0.1) is 5.06 Å². The molecule has 0 spiro atoms. The molecule has 2 aromatic rings. The van der Waals surface area contributed by atoms with Gasteiger partial charge in [0.1, 0.15) is 24.7 Å². The number of rotatable bonds is 8. The monoisotopic (exact) mass is 495 g/mol. The number of hydroxylamine groups is 2. The topological polar surface area (TPSA) is 93.4 Å². The highest BCUT2D eigenvalue weighted by atomic mass is 35.5. The van der Waals surface area contributed by atoms with E-state index in [1.807, 2.05) is 32.9 Å². The van der Waals surface area contributed by atoms with E-state index in [2.05, 4.69) is 11.1 Å². The largest absolute Gasteiger partial charge is 0.490 e. The molecule has 0 unspecified atom stereocenters. The summed E-state index contributed by atoms with van der Waals surface area (Å²) in [5.41, 5.74) is 2.87. The maximum Gasteiger partial charge on any atom is 0.282 e. The van der Waals surface area contributed by atoms with Gasteiger partial charge in [-0.1, -0.05) is 29.3 Å². The summed E-state index contributed by atoms with van der Waals surface area (Å²) in [6.07, 6.45) is 3.13. The van der Waals surface area contributed by atoms with Crippen molar-refractivity contribution >= 4 is 35.3 Å². The predicted molar refractivity (Wildman–Crippen MR) is 134 cm³/mol. The van der Waals surface area contributed by atoms with Crippen molar-refractivity contribution in [1.82, 2.24) is 5.06 Å². The van der Waals surface area contributed by atoms with Gasteiger partial charge in [-0.05, 0) is 63.1 Å². The van der Waals surface area contributed by atoms with Crippen LogP contribution in [0.3, 0.4) is 0 Å². The number of halogens is 1. The third-order valence-electron chi connectivity index (χ3n) is 5.24. The first kappa shape index (κ1) is 24.3. The van der Waals surface area contributed by atoms with E-state index in [1.54, 1.807) is 25.1 Å². The van der Waals surface area contributed by atoms with Crippen LogP contribution in [0.25, 0.3) is 6.08 Å². The third kappa shape index (κ3) is 5.33. The third-order valence-corrected chi connectivity index (χ3v) is 5.52. The average Bonchev–Trinajstić information content (AvgIpc) is 3.17. The van der Waals surface area contributed by atoms with Gasteiger partial charge in [-0.3, -0.25) is 10.2 Å². The Morgan fingerprint density at radius 1 is 1.09 bits per heavy atom. The minimum atomic E-state index is -0.534. The number of nitrogens with zero attached hydrogens (tertiary/aromatic N) is 2. The second kappa shape index (κ2) is 10.2. The van der Waals surface area contributed by atoms with Crippen molar-refractivity contribution in [2.24, 2.45) is 4.99 Å². The predicted octanol–water partition coefficient (Wildman–Crippen LogP) is 5.26. The number of nitrogens with one attached hydrogen (secondary N) is 1. The fourth-order valence-corrected chi connectivity index (χ4v) is 3.97. The number of amidine groups is 2. The Labute approximate surface area is 208 Å². The smallest absolute Gasteiger partial charge is 0.282 e. The van der Waals surface area contributed by atoms with Crippen molar-refractivity contribution in [3.05, 3.63) is 69.5 Å². The maximum atomic E-state index is 12.5. The molecule has 0 aliphatic carbocycles. The standard InChI is InChI=1S/C26H26ClN3O5/c1-5-32-22-14-18(12-19-25(28)30-23(29-26(19)31)11-17(4)35-30)13-20(27)24(22)34-9-8-33-21-7-6-15(2)10-16(21)3/h6-7,10-14,28H,5,8-9H2,1-4H3/b19-12-,28-25?. The van der Waals surface area contributed by atoms with Gasteiger partial charge in [-0.2, -0.15) is 4.99 Å². The summed E-state index contributed by atoms with van der Waals surface area (Å²) < 4.78 is 17.5. The minimum Gasteiger partial charge on any atom is -0.490 e. The molecule has 1 amide bonds. The molecule has 35 heavy (non-hydrogen) atoms. The van der Waals surface area contributed by atoms with E-state index in [-0.39, 0.29) is 23.9 Å². The summed E-state index contributed by atoms with van der Waals surface area (Å²) in [4.78, 5) is 22.0. The Kier molecular flexibility index (Phi) is 7.12. The normalized spacial score (nSPS) is 16.0. The molecule has 0 bridgehead atoms. The van der Waals surface area contributed by atoms with E-state index in [0.717, 1.165) is 11.3 Å². The quantitative estimate of drug-likeness (QED) is 0.396. The van der Waals surface area contributed by atoms with Gasteiger partial charge in [0.15, 0.2) is 23.2 Å². The van der Waals surface area contributed by atoms with Crippen LogP contribution in [0.15, 0.2) is 52.7 Å². The van der Waals surface area contributed by atoms with E-state index < -0.39 is 5.91 Å². The van der Waals surface area contributed by atoms with Crippen molar-refractivity contribution in [3.8, 4) is 17.2 Å². The molecule has 4 rings (SSSR count). The number of aliphatic imine (C=N–C) groups is 1. The number of ether oxygens (including phenoxy) is 3. The molecule has 0 aromatic heterocycles. The zero-order chi connectivity index (χ0) is 25.1. The number of carbonyl (C=O) groups excluding carboxylic acids is 1. The summed E-state index contributed by atoms with van der Waals surface area (Å²) in [6.45, 7) is 8.58. The van der Waals surface area contributed by atoms with Crippen LogP contribution in [0.4, 0.5) is 0 Å². The summed E-state index contributed by atoms with van der Waals surface area (Å²) in [5.74, 6) is 1.80. The molecule has 0 saturated heterocycles. The first-order valence-corrected chi connectivity index (χ1v) is 11.5. The van der Waals surface area contributed by atoms with E-state index in [0.29, 0.717) is 41.1 Å². The lowest BCUT2D eigenvalue weighted by Gasteiger charge is -2.23. The molecular weight excluding hydrogens is 470 g/mol. The van der Waals surface area contributed by atoms with Crippen molar-refractivity contribution in [1.29, 1.82) is 5.41 Å². The first-order valence-electron chi connectivity index (χ1n) is 11.2. The van der Waals surface area contributed by atoms with Crippen LogP contribution in [-0.2, 0) is 9.63 Å². The minimum absolute atomic E-state index is 0.0749. The Bertz CT molecular complexity index is 1280. The van der Waals surface area contributed by atoms with Crippen LogP contribution in [0, 0.1) is 19.3 Å². The molecule has 9 heteroatoms. The molecule has 0 fully saturated rings. The molecule has 0 radical (unpaired) electrons. The SMILES string of the molecule is CCOc1cc(/C=C2/C(=N)N3OC(C)=CC3=NC2=O)cc(Cl)c1OCCOc1ccc(C)cc1C. The van der Waals surface area contributed by atoms with E-state index in [9.17, 15) is 4.79 Å². The van der Waals surface area contributed by atoms with Gasteiger partial charge in [0.2, 0.25) is 0 Å². The Hall–Kier alpha value is -3.78. The summed E-state index contributed by atoms with van der Waals surface area (Å²) in [6, 6.07) is 9.34. The van der Waals surface area contributed by atoms with Crippen LogP contribution >= 0.6 is 11.6 Å². The molecule has 182 valence electrons. The number of carbonyl (C=O) groups is 1. The summed E-state index contributed by atoms with van der Waals surface area (Å²) in [7, 11) is 0. The van der Waals surface area contributed by atoms with E-state index in [1.165, 1.54) is 16.7 Å². The van der Waals surface area contributed by atoms with Gasteiger partial charge in [-0.25, -0.2) is 0 Å². The number of allylic oxidation sites excluding steroid dienone is 1. The lowest BCUT2D eigenvalue weighted by Crippen LogP contribution is -2.38. The Morgan fingerprint density at radius 3 is 2.60 bits per heavy atom. The Balaban J connectivity index is 1.50. The van der Waals surface area contributed by atoms with E-state index >= 15 is 0 Å². The lowest BCUT2D eigenvalue weighted by atomic mass is 10.1. The molecule has 1 N–H and O–H groups in total. The molecule has 2 aromatic carbocycles. The highest BCUT2D eigenvalue weighted by molar-refractivity contribution is 6.33. The zero-order valence-electron chi connectivity index (χ0n) is 20.0. The van der Waals surface area contributed by atoms with Crippen molar-refractivity contribution in [2.45, 2.75) is 27.7 Å². The van der Waals surface area contributed by atoms with Gasteiger partial charge in [0.05, 0.1) is 17.2 Å². The number of fused-ring (bicyclic) bond motifs is 1. The molecule has 2 heterocycles. The lowest BCUT2D eigenvalue weighted by molar-refractivity contribution is -0.114. The van der Waals surface area contributed by atoms with Gasteiger partial charge in [0, 0.05) is 6.08 Å². The molecule has 8 nitrogen and oxygen atoms in total. The van der Waals surface area contributed by atoms with Gasteiger partial charge in [0.25, 0.3) is 5.91 Å². The number of hydrogen-bond donors (Lipinski definition) is 1. The molecule has 0 saturated carbocycles. The van der Waals surface area contributed by atoms with Crippen LogP contribution in [0.5, 0.6) is 17.2 Å². The summed E-state index contributed by atoms with van der Waals surface area (Å²) >= 11 is 6.52. The Morgan fingerprint density at radius 2 is 1.86 bits per heavy atom. The van der Waals surface area contributed by atoms with E-state index in [4.69, 9.17) is 36.1 Å². The van der Waals surface area contributed by atoms with Crippen LogP contribution < -0.4 is 14.2 Å². The highest BCUT2D eigenvalue weighted by Crippen LogP contribution is 2.38. The molecular formula is C26H26ClN3O5. The van der Waals surface area contributed by atoms with Crippen LogP contribution in [-0.4, -0.2) is 42.5 Å². The average molecular weight is 496 g/mol. The second-order valence-electron chi connectivity index (χ2n) is 8.05. The number of amides is 1. The number of aryl methyl sites for hydroxylation is 2. The fraction of sp³-hybridized carbons (Fsp3) is 0.269. The van der Waals surface area contributed by atoms with Crippen molar-refractivity contribution < 1.29 is 23.8 Å². The summed E-state index contributed by atoms with van der Waals surface area (Å²) in [5, 5.41) is 9.90. The van der Waals surface area contributed by atoms with Crippen LogP contribution in [0.1, 0.15) is 30.5 Å². The second-order valence-corrected chi connectivity index (χ2v) is 8.46. The number of benzene rings is 2.